The van der Waals surface area contributed by atoms with Crippen LogP contribution in [0.2, 0.25) is 0 Å². The average molecular weight is 295 g/mol. The summed E-state index contributed by atoms with van der Waals surface area (Å²) in [5, 5.41) is 10.2. The van der Waals surface area contributed by atoms with Crippen molar-refractivity contribution in [3.05, 3.63) is 23.3 Å². The standard InChI is InChI=1S/C20H38O/c1-16(2)9-7-11-18(5)13-14-20(21)15-19(6)12-8-10-17(3)4/h9-10,18-21H,7-8,11-15H2,1-6H3. The van der Waals surface area contributed by atoms with Crippen molar-refractivity contribution in [2.45, 2.75) is 92.6 Å². The highest BCUT2D eigenvalue weighted by Crippen LogP contribution is 2.20. The van der Waals surface area contributed by atoms with Crippen LogP contribution in [-0.4, -0.2) is 11.2 Å². The molecule has 0 radical (unpaired) electrons. The summed E-state index contributed by atoms with van der Waals surface area (Å²) in [5.41, 5.74) is 2.81. The summed E-state index contributed by atoms with van der Waals surface area (Å²) in [5.74, 6) is 1.34. The molecule has 1 nitrogen and oxygen atoms in total. The number of hydrogen-bond donors (Lipinski definition) is 1. The van der Waals surface area contributed by atoms with Gasteiger partial charge in [-0.1, -0.05) is 37.1 Å². The van der Waals surface area contributed by atoms with E-state index >= 15 is 0 Å². The van der Waals surface area contributed by atoms with Gasteiger partial charge in [0.1, 0.15) is 0 Å². The molecule has 0 fully saturated rings. The van der Waals surface area contributed by atoms with Crippen LogP contribution < -0.4 is 0 Å². The van der Waals surface area contributed by atoms with Gasteiger partial charge in [0, 0.05) is 0 Å². The highest BCUT2D eigenvalue weighted by molar-refractivity contribution is 4.93. The molecule has 1 heteroatoms. The maximum absolute atomic E-state index is 10.2. The van der Waals surface area contributed by atoms with Gasteiger partial charge in [-0.25, -0.2) is 0 Å². The van der Waals surface area contributed by atoms with Crippen LogP contribution in [0.4, 0.5) is 0 Å². The Labute approximate surface area is 133 Å². The topological polar surface area (TPSA) is 20.2 Å². The summed E-state index contributed by atoms with van der Waals surface area (Å²) < 4.78 is 0. The summed E-state index contributed by atoms with van der Waals surface area (Å²) in [6.07, 6.45) is 12.3. The van der Waals surface area contributed by atoms with Gasteiger partial charge >= 0.3 is 0 Å². The number of aliphatic hydroxyl groups excluding tert-OH is 1. The maximum atomic E-state index is 10.2. The predicted octanol–water partition coefficient (Wildman–Crippen LogP) is 6.28. The maximum Gasteiger partial charge on any atom is 0.0542 e. The normalized spacial score (nSPS) is 15.2. The van der Waals surface area contributed by atoms with Crippen molar-refractivity contribution in [1.29, 1.82) is 0 Å². The van der Waals surface area contributed by atoms with Crippen LogP contribution in [0.1, 0.15) is 86.5 Å². The highest BCUT2D eigenvalue weighted by Gasteiger charge is 2.11. The third kappa shape index (κ3) is 14.2. The molecule has 0 aromatic heterocycles. The van der Waals surface area contributed by atoms with Crippen molar-refractivity contribution in [2.24, 2.45) is 11.8 Å². The Balaban J connectivity index is 3.75. The fourth-order valence-electron chi connectivity index (χ4n) is 2.63. The minimum atomic E-state index is -0.113. The molecule has 3 unspecified atom stereocenters. The van der Waals surface area contributed by atoms with Crippen LogP contribution in [0.25, 0.3) is 0 Å². The minimum absolute atomic E-state index is 0.113. The Morgan fingerprint density at radius 1 is 0.762 bits per heavy atom. The molecule has 0 saturated heterocycles. The van der Waals surface area contributed by atoms with Crippen molar-refractivity contribution in [1.82, 2.24) is 0 Å². The van der Waals surface area contributed by atoms with Gasteiger partial charge in [0.05, 0.1) is 6.10 Å². The zero-order valence-electron chi connectivity index (χ0n) is 15.3. The van der Waals surface area contributed by atoms with E-state index in [2.05, 4.69) is 53.7 Å². The molecular weight excluding hydrogens is 256 g/mol. The Morgan fingerprint density at radius 3 is 1.71 bits per heavy atom. The van der Waals surface area contributed by atoms with Gasteiger partial charge in [-0.15, -0.1) is 0 Å². The number of aliphatic hydroxyl groups is 1. The molecule has 0 aliphatic heterocycles. The number of hydrogen-bond acceptors (Lipinski definition) is 1. The highest BCUT2D eigenvalue weighted by atomic mass is 16.3. The Kier molecular flexibility index (Phi) is 11.7. The molecule has 0 bridgehead atoms. The molecule has 0 amide bonds. The first-order chi connectivity index (χ1) is 9.81. The zero-order valence-corrected chi connectivity index (χ0v) is 15.3. The zero-order chi connectivity index (χ0) is 16.3. The molecular formula is C20H38O. The third-order valence-corrected chi connectivity index (χ3v) is 4.09. The Hall–Kier alpha value is -0.560. The second kappa shape index (κ2) is 12.0. The van der Waals surface area contributed by atoms with E-state index in [4.69, 9.17) is 0 Å². The molecule has 0 aromatic carbocycles. The van der Waals surface area contributed by atoms with Gasteiger partial charge in [-0.05, 0) is 84.5 Å². The molecule has 0 aliphatic rings. The molecule has 124 valence electrons. The van der Waals surface area contributed by atoms with Crippen molar-refractivity contribution in [3.63, 3.8) is 0 Å². The molecule has 21 heavy (non-hydrogen) atoms. The lowest BCUT2D eigenvalue weighted by Gasteiger charge is -2.18. The van der Waals surface area contributed by atoms with Gasteiger partial charge in [0.2, 0.25) is 0 Å². The van der Waals surface area contributed by atoms with E-state index in [0.717, 1.165) is 31.6 Å². The third-order valence-electron chi connectivity index (χ3n) is 4.09. The fraction of sp³-hybridized carbons (Fsp3) is 0.800. The molecule has 1 N–H and O–H groups in total. The van der Waals surface area contributed by atoms with Crippen LogP contribution in [0, 0.1) is 11.8 Å². The summed E-state index contributed by atoms with van der Waals surface area (Å²) >= 11 is 0. The van der Waals surface area contributed by atoms with Crippen LogP contribution >= 0.6 is 0 Å². The summed E-state index contributed by atoms with van der Waals surface area (Å²) in [7, 11) is 0. The summed E-state index contributed by atoms with van der Waals surface area (Å²) in [6, 6.07) is 0. The molecule has 0 heterocycles. The SMILES string of the molecule is CC(C)=CCCC(C)CCC(O)CC(C)CCC=C(C)C. The van der Waals surface area contributed by atoms with Gasteiger partial charge < -0.3 is 5.11 Å². The van der Waals surface area contributed by atoms with E-state index in [0.29, 0.717) is 5.92 Å². The lowest BCUT2D eigenvalue weighted by atomic mass is 9.92. The molecule has 0 spiro atoms. The van der Waals surface area contributed by atoms with Crippen molar-refractivity contribution in [3.8, 4) is 0 Å². The van der Waals surface area contributed by atoms with E-state index in [9.17, 15) is 5.11 Å². The van der Waals surface area contributed by atoms with Crippen LogP contribution in [0.5, 0.6) is 0 Å². The number of rotatable bonds is 11. The van der Waals surface area contributed by atoms with E-state index in [1.807, 2.05) is 0 Å². The van der Waals surface area contributed by atoms with Crippen molar-refractivity contribution in [2.75, 3.05) is 0 Å². The molecule has 3 atom stereocenters. The first-order valence-electron chi connectivity index (χ1n) is 8.76. The molecule has 0 saturated carbocycles. The van der Waals surface area contributed by atoms with E-state index in [-0.39, 0.29) is 6.10 Å². The smallest absolute Gasteiger partial charge is 0.0542 e. The second-order valence-electron chi connectivity index (χ2n) is 7.39. The van der Waals surface area contributed by atoms with Gasteiger partial charge in [0.25, 0.3) is 0 Å². The first kappa shape index (κ1) is 20.4. The average Bonchev–Trinajstić information content (AvgIpc) is 2.35. The Morgan fingerprint density at radius 2 is 1.24 bits per heavy atom. The van der Waals surface area contributed by atoms with Crippen LogP contribution in [-0.2, 0) is 0 Å². The van der Waals surface area contributed by atoms with Crippen molar-refractivity contribution < 1.29 is 5.11 Å². The van der Waals surface area contributed by atoms with E-state index in [1.165, 1.54) is 30.4 Å². The predicted molar refractivity (Wildman–Crippen MR) is 95.5 cm³/mol. The largest absolute Gasteiger partial charge is 0.393 e. The second-order valence-corrected chi connectivity index (χ2v) is 7.39. The molecule has 0 aromatic rings. The van der Waals surface area contributed by atoms with Gasteiger partial charge in [-0.3, -0.25) is 0 Å². The fourth-order valence-corrected chi connectivity index (χ4v) is 2.63. The van der Waals surface area contributed by atoms with Gasteiger partial charge in [0.15, 0.2) is 0 Å². The lowest BCUT2D eigenvalue weighted by molar-refractivity contribution is 0.126. The monoisotopic (exact) mass is 294 g/mol. The molecule has 0 rings (SSSR count). The summed E-state index contributed by atoms with van der Waals surface area (Å²) in [4.78, 5) is 0. The minimum Gasteiger partial charge on any atom is -0.393 e. The van der Waals surface area contributed by atoms with E-state index < -0.39 is 0 Å². The first-order valence-corrected chi connectivity index (χ1v) is 8.76. The van der Waals surface area contributed by atoms with Crippen LogP contribution in [0.15, 0.2) is 23.3 Å². The number of allylic oxidation sites excluding steroid dienone is 4. The Bertz CT molecular complexity index is 306. The van der Waals surface area contributed by atoms with E-state index in [1.54, 1.807) is 0 Å². The quantitative estimate of drug-likeness (QED) is 0.444. The van der Waals surface area contributed by atoms with Crippen molar-refractivity contribution >= 4 is 0 Å². The summed E-state index contributed by atoms with van der Waals surface area (Å²) in [6.45, 7) is 13.2. The van der Waals surface area contributed by atoms with Crippen LogP contribution in [0.3, 0.4) is 0 Å². The molecule has 0 aliphatic carbocycles. The van der Waals surface area contributed by atoms with Gasteiger partial charge in [-0.2, -0.15) is 0 Å². The lowest BCUT2D eigenvalue weighted by Crippen LogP contribution is -2.13.